The van der Waals surface area contributed by atoms with Crippen molar-refractivity contribution in [1.82, 2.24) is 10.2 Å². The van der Waals surface area contributed by atoms with Gasteiger partial charge in [-0.2, -0.15) is 0 Å². The van der Waals surface area contributed by atoms with Gasteiger partial charge in [0, 0.05) is 19.6 Å². The Labute approximate surface area is 118 Å². The molecule has 1 fully saturated rings. The van der Waals surface area contributed by atoms with Crippen LogP contribution in [0.3, 0.4) is 0 Å². The van der Waals surface area contributed by atoms with Crippen LogP contribution < -0.4 is 5.32 Å². The number of hydrogen-bond acceptors (Lipinski definition) is 4. The van der Waals surface area contributed by atoms with Crippen LogP contribution in [0.1, 0.15) is 39.5 Å². The van der Waals surface area contributed by atoms with Gasteiger partial charge in [-0.25, -0.2) is 0 Å². The van der Waals surface area contributed by atoms with Crippen molar-refractivity contribution >= 4 is 0 Å². The van der Waals surface area contributed by atoms with Gasteiger partial charge in [-0.05, 0) is 32.4 Å². The molecule has 2 N–H and O–H groups in total. The maximum atomic E-state index is 9.89. The van der Waals surface area contributed by atoms with E-state index in [-0.39, 0.29) is 6.10 Å². The van der Waals surface area contributed by atoms with Crippen LogP contribution in [-0.2, 0) is 4.74 Å². The minimum atomic E-state index is -0.388. The number of aliphatic hydroxyl groups is 1. The second-order valence-electron chi connectivity index (χ2n) is 5.89. The lowest BCUT2D eigenvalue weighted by Gasteiger charge is -2.29. The van der Waals surface area contributed by atoms with Gasteiger partial charge in [0.15, 0.2) is 0 Å². The number of hydrogen-bond donors (Lipinski definition) is 2. The Balaban J connectivity index is 2.02. The molecule has 1 aliphatic rings. The summed E-state index contributed by atoms with van der Waals surface area (Å²) in [4.78, 5) is 2.25. The van der Waals surface area contributed by atoms with Crippen molar-refractivity contribution in [1.29, 1.82) is 0 Å². The van der Waals surface area contributed by atoms with Gasteiger partial charge in [0.1, 0.15) is 0 Å². The normalized spacial score (nSPS) is 25.7. The molecule has 0 aliphatic heterocycles. The molecule has 0 aromatic heterocycles. The minimum absolute atomic E-state index is 0.356. The molecule has 114 valence electrons. The maximum absolute atomic E-state index is 9.89. The number of ether oxygens (including phenoxy) is 1. The third-order valence-electron chi connectivity index (χ3n) is 4.13. The molecule has 0 radical (unpaired) electrons. The Morgan fingerprint density at radius 1 is 1.37 bits per heavy atom. The van der Waals surface area contributed by atoms with Crippen molar-refractivity contribution in [2.45, 2.75) is 51.7 Å². The number of aliphatic hydroxyl groups excluding tert-OH is 1. The van der Waals surface area contributed by atoms with Crippen molar-refractivity contribution in [2.75, 3.05) is 39.8 Å². The van der Waals surface area contributed by atoms with Crippen molar-refractivity contribution < 1.29 is 9.84 Å². The van der Waals surface area contributed by atoms with Crippen molar-refractivity contribution in [3.63, 3.8) is 0 Å². The molecule has 3 unspecified atom stereocenters. The van der Waals surface area contributed by atoms with E-state index in [0.29, 0.717) is 25.2 Å². The summed E-state index contributed by atoms with van der Waals surface area (Å²) >= 11 is 0. The molecular weight excluding hydrogens is 240 g/mol. The Kier molecular flexibility index (Phi) is 8.62. The molecule has 4 nitrogen and oxygen atoms in total. The molecule has 1 aliphatic carbocycles. The predicted octanol–water partition coefficient (Wildman–Crippen LogP) is 1.48. The van der Waals surface area contributed by atoms with Gasteiger partial charge in [0.25, 0.3) is 0 Å². The zero-order valence-corrected chi connectivity index (χ0v) is 12.9. The number of nitrogens with one attached hydrogen (secondary N) is 1. The average molecular weight is 272 g/mol. The summed E-state index contributed by atoms with van der Waals surface area (Å²) in [5.41, 5.74) is 0. The smallest absolute Gasteiger partial charge is 0.0897 e. The first-order chi connectivity index (χ1) is 9.13. The minimum Gasteiger partial charge on any atom is -0.389 e. The molecule has 4 heteroatoms. The van der Waals surface area contributed by atoms with E-state index in [0.717, 1.165) is 26.1 Å². The largest absolute Gasteiger partial charge is 0.389 e. The van der Waals surface area contributed by atoms with Gasteiger partial charge in [0.05, 0.1) is 18.8 Å². The summed E-state index contributed by atoms with van der Waals surface area (Å²) in [6.45, 7) is 8.49. The molecule has 0 heterocycles. The fourth-order valence-electron chi connectivity index (χ4n) is 2.52. The molecule has 1 rings (SSSR count). The van der Waals surface area contributed by atoms with E-state index >= 15 is 0 Å². The summed E-state index contributed by atoms with van der Waals surface area (Å²) in [7, 11) is 2.10. The fourth-order valence-corrected chi connectivity index (χ4v) is 2.52. The van der Waals surface area contributed by atoms with E-state index in [9.17, 15) is 5.11 Å². The van der Waals surface area contributed by atoms with Gasteiger partial charge >= 0.3 is 0 Å². The fraction of sp³-hybridized carbons (Fsp3) is 1.00. The topological polar surface area (TPSA) is 44.7 Å². The molecule has 0 saturated heterocycles. The molecule has 19 heavy (non-hydrogen) atoms. The number of likely N-dealkylation sites (N-methyl/N-ethyl adjacent to an activating group) is 1. The van der Waals surface area contributed by atoms with E-state index in [1.807, 2.05) is 0 Å². The lowest BCUT2D eigenvalue weighted by Crippen LogP contribution is -2.37. The first-order valence-electron chi connectivity index (χ1n) is 7.82. The van der Waals surface area contributed by atoms with Gasteiger partial charge in [0.2, 0.25) is 0 Å². The number of rotatable bonds is 9. The maximum Gasteiger partial charge on any atom is 0.0897 e. The van der Waals surface area contributed by atoms with E-state index in [4.69, 9.17) is 4.74 Å². The third kappa shape index (κ3) is 7.25. The van der Waals surface area contributed by atoms with Gasteiger partial charge in [-0.1, -0.05) is 26.7 Å². The van der Waals surface area contributed by atoms with Crippen LogP contribution in [0.15, 0.2) is 0 Å². The zero-order valence-electron chi connectivity index (χ0n) is 12.9. The Morgan fingerprint density at radius 3 is 2.79 bits per heavy atom. The van der Waals surface area contributed by atoms with Crippen LogP contribution >= 0.6 is 0 Å². The van der Waals surface area contributed by atoms with E-state index in [2.05, 4.69) is 31.1 Å². The van der Waals surface area contributed by atoms with Crippen molar-refractivity contribution in [3.8, 4) is 0 Å². The van der Waals surface area contributed by atoms with Crippen LogP contribution in [0.5, 0.6) is 0 Å². The third-order valence-corrected chi connectivity index (χ3v) is 4.13. The summed E-state index contributed by atoms with van der Waals surface area (Å²) in [6.07, 6.45) is 4.99. The van der Waals surface area contributed by atoms with Crippen LogP contribution in [0, 0.1) is 5.92 Å². The van der Waals surface area contributed by atoms with Crippen LogP contribution in [0.4, 0.5) is 0 Å². The Bertz CT molecular complexity index is 226. The highest BCUT2D eigenvalue weighted by Gasteiger charge is 2.22. The molecule has 3 atom stereocenters. The molecule has 0 spiro atoms. The summed E-state index contributed by atoms with van der Waals surface area (Å²) < 4.78 is 5.86. The standard InChI is InChI=1S/C15H32N2O2/c1-4-17(3)10-9-16-11-14(18)12-19-15-8-6-5-7-13(15)2/h13-16,18H,4-12H2,1-3H3. The van der Waals surface area contributed by atoms with E-state index in [1.165, 1.54) is 19.3 Å². The zero-order chi connectivity index (χ0) is 14.1. The second-order valence-corrected chi connectivity index (χ2v) is 5.89. The first-order valence-corrected chi connectivity index (χ1v) is 7.82. The Morgan fingerprint density at radius 2 is 2.11 bits per heavy atom. The molecule has 1 saturated carbocycles. The van der Waals surface area contributed by atoms with Crippen LogP contribution in [-0.4, -0.2) is 62.0 Å². The highest BCUT2D eigenvalue weighted by atomic mass is 16.5. The van der Waals surface area contributed by atoms with Crippen molar-refractivity contribution in [3.05, 3.63) is 0 Å². The van der Waals surface area contributed by atoms with Crippen LogP contribution in [0.25, 0.3) is 0 Å². The summed E-state index contributed by atoms with van der Waals surface area (Å²) in [6, 6.07) is 0. The van der Waals surface area contributed by atoms with Crippen molar-refractivity contribution in [2.24, 2.45) is 5.92 Å². The van der Waals surface area contributed by atoms with Gasteiger partial charge in [-0.3, -0.25) is 0 Å². The molecule has 0 amide bonds. The molecular formula is C15H32N2O2. The molecule has 0 bridgehead atoms. The average Bonchev–Trinajstić information content (AvgIpc) is 2.42. The van der Waals surface area contributed by atoms with Gasteiger partial charge in [-0.15, -0.1) is 0 Å². The van der Waals surface area contributed by atoms with E-state index in [1.54, 1.807) is 0 Å². The monoisotopic (exact) mass is 272 g/mol. The summed E-state index contributed by atoms with van der Waals surface area (Å²) in [5.74, 6) is 0.645. The quantitative estimate of drug-likeness (QED) is 0.624. The van der Waals surface area contributed by atoms with E-state index < -0.39 is 0 Å². The lowest BCUT2D eigenvalue weighted by atomic mass is 9.88. The molecule has 0 aromatic rings. The lowest BCUT2D eigenvalue weighted by molar-refractivity contribution is -0.0451. The number of nitrogens with zero attached hydrogens (tertiary/aromatic N) is 1. The SMILES string of the molecule is CCN(C)CCNCC(O)COC1CCCCC1C. The first kappa shape index (κ1) is 16.9. The second kappa shape index (κ2) is 9.70. The van der Waals surface area contributed by atoms with Gasteiger partial charge < -0.3 is 20.1 Å². The van der Waals surface area contributed by atoms with Crippen LogP contribution in [0.2, 0.25) is 0 Å². The summed E-state index contributed by atoms with van der Waals surface area (Å²) in [5, 5.41) is 13.2. The predicted molar refractivity (Wildman–Crippen MR) is 79.4 cm³/mol. The highest BCUT2D eigenvalue weighted by Crippen LogP contribution is 2.26. The molecule has 0 aromatic carbocycles. The Hall–Kier alpha value is -0.160. The highest BCUT2D eigenvalue weighted by molar-refractivity contribution is 4.73.